The zero-order valence-electron chi connectivity index (χ0n) is 14.7. The van der Waals surface area contributed by atoms with E-state index in [1.807, 2.05) is 20.8 Å². The van der Waals surface area contributed by atoms with Gasteiger partial charge in [-0.25, -0.2) is 4.79 Å². The monoisotopic (exact) mass is 298 g/mol. The van der Waals surface area contributed by atoms with E-state index >= 15 is 0 Å². The smallest absolute Gasteiger partial charge is 0.407 e. The van der Waals surface area contributed by atoms with E-state index in [2.05, 4.69) is 31.4 Å². The molecule has 1 amide bonds. The van der Waals surface area contributed by atoms with Gasteiger partial charge in [-0.1, -0.05) is 20.8 Å². The minimum atomic E-state index is -0.435. The third-order valence-electron chi connectivity index (χ3n) is 4.21. The van der Waals surface area contributed by atoms with Crippen molar-refractivity contribution in [2.45, 2.75) is 72.4 Å². The summed E-state index contributed by atoms with van der Waals surface area (Å²) in [6.07, 6.45) is 3.58. The van der Waals surface area contributed by atoms with Crippen LogP contribution in [-0.2, 0) is 4.74 Å². The van der Waals surface area contributed by atoms with Crippen LogP contribution in [0.4, 0.5) is 4.79 Å². The van der Waals surface area contributed by atoms with Crippen LogP contribution in [-0.4, -0.2) is 30.8 Å². The molecule has 0 radical (unpaired) electrons. The molecule has 3 atom stereocenters. The first-order valence-electron chi connectivity index (χ1n) is 8.37. The van der Waals surface area contributed by atoms with Gasteiger partial charge in [0.05, 0.1) is 0 Å². The van der Waals surface area contributed by atoms with Crippen LogP contribution in [0, 0.1) is 17.8 Å². The molecule has 0 bridgehead atoms. The number of carbonyl (C=O) groups excluding carboxylic acids is 1. The SMILES string of the molecule is CC1CCC(NCC(CNC(=O)OC(C)(C)C)C(C)C)C1. The Bertz CT molecular complexity index is 323. The lowest BCUT2D eigenvalue weighted by molar-refractivity contribution is 0.0514. The molecule has 1 saturated carbocycles. The van der Waals surface area contributed by atoms with E-state index in [0.29, 0.717) is 24.4 Å². The largest absolute Gasteiger partial charge is 0.444 e. The molecule has 21 heavy (non-hydrogen) atoms. The Morgan fingerprint density at radius 3 is 2.38 bits per heavy atom. The fourth-order valence-corrected chi connectivity index (χ4v) is 2.78. The molecule has 4 nitrogen and oxygen atoms in total. The van der Waals surface area contributed by atoms with Gasteiger partial charge in [0.25, 0.3) is 0 Å². The van der Waals surface area contributed by atoms with Gasteiger partial charge in [-0.15, -0.1) is 0 Å². The second kappa shape index (κ2) is 8.02. The summed E-state index contributed by atoms with van der Waals surface area (Å²) >= 11 is 0. The van der Waals surface area contributed by atoms with Crippen molar-refractivity contribution in [1.82, 2.24) is 10.6 Å². The van der Waals surface area contributed by atoms with E-state index in [0.717, 1.165) is 12.5 Å². The number of alkyl carbamates (subject to hydrolysis) is 1. The van der Waals surface area contributed by atoms with Crippen molar-refractivity contribution in [3.8, 4) is 0 Å². The molecule has 2 N–H and O–H groups in total. The Balaban J connectivity index is 2.31. The van der Waals surface area contributed by atoms with Gasteiger partial charge in [0.1, 0.15) is 5.60 Å². The van der Waals surface area contributed by atoms with Gasteiger partial charge in [0, 0.05) is 19.1 Å². The Labute approximate surface area is 130 Å². The number of carbonyl (C=O) groups is 1. The molecule has 4 heteroatoms. The van der Waals surface area contributed by atoms with Gasteiger partial charge in [0.2, 0.25) is 0 Å². The highest BCUT2D eigenvalue weighted by molar-refractivity contribution is 5.67. The van der Waals surface area contributed by atoms with Crippen LogP contribution in [0.5, 0.6) is 0 Å². The van der Waals surface area contributed by atoms with Crippen molar-refractivity contribution in [2.24, 2.45) is 17.8 Å². The van der Waals surface area contributed by atoms with Gasteiger partial charge >= 0.3 is 6.09 Å². The fourth-order valence-electron chi connectivity index (χ4n) is 2.78. The predicted molar refractivity (Wildman–Crippen MR) is 87.4 cm³/mol. The van der Waals surface area contributed by atoms with Gasteiger partial charge in [-0.05, 0) is 57.8 Å². The van der Waals surface area contributed by atoms with E-state index in [1.54, 1.807) is 0 Å². The highest BCUT2D eigenvalue weighted by Crippen LogP contribution is 2.25. The summed E-state index contributed by atoms with van der Waals surface area (Å²) in [5.74, 6) is 1.82. The lowest BCUT2D eigenvalue weighted by atomic mass is 9.95. The van der Waals surface area contributed by atoms with E-state index in [4.69, 9.17) is 4.74 Å². The maximum Gasteiger partial charge on any atom is 0.407 e. The highest BCUT2D eigenvalue weighted by Gasteiger charge is 2.23. The Morgan fingerprint density at radius 1 is 1.24 bits per heavy atom. The molecule has 3 unspecified atom stereocenters. The first-order valence-corrected chi connectivity index (χ1v) is 8.37. The van der Waals surface area contributed by atoms with E-state index in [1.165, 1.54) is 19.3 Å². The van der Waals surface area contributed by atoms with Crippen molar-refractivity contribution < 1.29 is 9.53 Å². The standard InChI is InChI=1S/C17H34N2O2/c1-12(2)14(10-18-15-8-7-13(3)9-15)11-19-16(20)21-17(4,5)6/h12-15,18H,7-11H2,1-6H3,(H,19,20). The van der Waals surface area contributed by atoms with Gasteiger partial charge in [0.15, 0.2) is 0 Å². The molecule has 1 aliphatic carbocycles. The quantitative estimate of drug-likeness (QED) is 0.788. The van der Waals surface area contributed by atoms with Crippen molar-refractivity contribution in [1.29, 1.82) is 0 Å². The van der Waals surface area contributed by atoms with Crippen LogP contribution in [0.2, 0.25) is 0 Å². The average molecular weight is 298 g/mol. The summed E-state index contributed by atoms with van der Waals surface area (Å²) in [6, 6.07) is 0.655. The maximum absolute atomic E-state index is 11.7. The molecule has 1 rings (SSSR count). The number of ether oxygens (including phenoxy) is 1. The highest BCUT2D eigenvalue weighted by atomic mass is 16.6. The molecular weight excluding hydrogens is 264 g/mol. The van der Waals surface area contributed by atoms with Gasteiger partial charge < -0.3 is 15.4 Å². The van der Waals surface area contributed by atoms with Crippen molar-refractivity contribution in [3.63, 3.8) is 0 Å². The second-order valence-electron chi connectivity index (χ2n) is 7.91. The summed E-state index contributed by atoms with van der Waals surface area (Å²) in [5.41, 5.74) is -0.435. The molecule has 0 saturated heterocycles. The number of hydrogen-bond acceptors (Lipinski definition) is 3. The molecule has 1 fully saturated rings. The van der Waals surface area contributed by atoms with Crippen molar-refractivity contribution in [3.05, 3.63) is 0 Å². The molecular formula is C17H34N2O2. The van der Waals surface area contributed by atoms with Crippen LogP contribution in [0.15, 0.2) is 0 Å². The van der Waals surface area contributed by atoms with Crippen LogP contribution >= 0.6 is 0 Å². The molecule has 0 aliphatic heterocycles. The van der Waals surface area contributed by atoms with Crippen molar-refractivity contribution in [2.75, 3.05) is 13.1 Å². The van der Waals surface area contributed by atoms with Crippen LogP contribution < -0.4 is 10.6 Å². The number of rotatable bonds is 6. The number of nitrogens with one attached hydrogen (secondary N) is 2. The molecule has 0 aromatic rings. The third-order valence-corrected chi connectivity index (χ3v) is 4.21. The van der Waals surface area contributed by atoms with Crippen LogP contribution in [0.1, 0.15) is 60.8 Å². The minimum Gasteiger partial charge on any atom is -0.444 e. The molecule has 0 aromatic heterocycles. The summed E-state index contributed by atoms with van der Waals surface area (Å²) in [5, 5.41) is 6.58. The zero-order chi connectivity index (χ0) is 16.0. The molecule has 1 aliphatic rings. The lowest BCUT2D eigenvalue weighted by Gasteiger charge is -2.25. The Morgan fingerprint density at radius 2 is 1.90 bits per heavy atom. The summed E-state index contributed by atoms with van der Waals surface area (Å²) in [4.78, 5) is 11.7. The zero-order valence-corrected chi connectivity index (χ0v) is 14.7. The van der Waals surface area contributed by atoms with Crippen LogP contribution in [0.25, 0.3) is 0 Å². The molecule has 124 valence electrons. The summed E-state index contributed by atoms with van der Waals surface area (Å²) < 4.78 is 5.29. The Kier molecular flexibility index (Phi) is 6.98. The maximum atomic E-state index is 11.7. The topological polar surface area (TPSA) is 50.4 Å². The number of hydrogen-bond donors (Lipinski definition) is 2. The second-order valence-corrected chi connectivity index (χ2v) is 7.91. The molecule has 0 spiro atoms. The number of amides is 1. The van der Waals surface area contributed by atoms with E-state index in [-0.39, 0.29) is 6.09 Å². The predicted octanol–water partition coefficient (Wildman–Crippen LogP) is 3.56. The normalized spacial score (nSPS) is 24.1. The first-order chi connectivity index (χ1) is 9.67. The lowest BCUT2D eigenvalue weighted by Crippen LogP contribution is -2.41. The van der Waals surface area contributed by atoms with Crippen molar-refractivity contribution >= 4 is 6.09 Å². The van der Waals surface area contributed by atoms with E-state index in [9.17, 15) is 4.79 Å². The fraction of sp³-hybridized carbons (Fsp3) is 0.941. The van der Waals surface area contributed by atoms with Gasteiger partial charge in [-0.3, -0.25) is 0 Å². The van der Waals surface area contributed by atoms with Gasteiger partial charge in [-0.2, -0.15) is 0 Å². The summed E-state index contributed by atoms with van der Waals surface area (Å²) in [6.45, 7) is 14.0. The third kappa shape index (κ3) is 7.70. The molecule has 0 aromatic carbocycles. The minimum absolute atomic E-state index is 0.317. The molecule has 0 heterocycles. The van der Waals surface area contributed by atoms with Crippen LogP contribution in [0.3, 0.4) is 0 Å². The summed E-state index contributed by atoms with van der Waals surface area (Å²) in [7, 11) is 0. The first kappa shape index (κ1) is 18.3. The average Bonchev–Trinajstić information content (AvgIpc) is 2.72. The van der Waals surface area contributed by atoms with E-state index < -0.39 is 5.60 Å². The Hall–Kier alpha value is -0.770.